The van der Waals surface area contributed by atoms with E-state index in [0.29, 0.717) is 0 Å². The van der Waals surface area contributed by atoms with Crippen molar-refractivity contribution in [2.75, 3.05) is 18.4 Å². The Hall–Kier alpha value is -1.92. The van der Waals surface area contributed by atoms with E-state index in [4.69, 9.17) is 0 Å². The summed E-state index contributed by atoms with van der Waals surface area (Å²) in [4.78, 5) is 12.1. The van der Waals surface area contributed by atoms with E-state index in [1.54, 1.807) is 17.1 Å². The highest BCUT2D eigenvalue weighted by Gasteiger charge is 2.20. The molecule has 1 aliphatic rings. The van der Waals surface area contributed by atoms with Crippen molar-refractivity contribution in [1.82, 2.24) is 20.3 Å². The van der Waals surface area contributed by atoms with E-state index in [9.17, 15) is 4.79 Å². The maximum absolute atomic E-state index is 12.1. The molecule has 3 rings (SSSR count). The Labute approximate surface area is 129 Å². The van der Waals surface area contributed by atoms with E-state index in [1.807, 2.05) is 24.3 Å². The van der Waals surface area contributed by atoms with Crippen LogP contribution in [-0.2, 0) is 4.79 Å². The average molecular weight is 308 g/mol. The number of benzene rings is 1. The zero-order chi connectivity index (χ0) is 13.8. The third-order valence-electron chi connectivity index (χ3n) is 3.53. The molecule has 2 aromatic rings. The third kappa shape index (κ3) is 3.80. The molecule has 7 heteroatoms. The summed E-state index contributed by atoms with van der Waals surface area (Å²) < 4.78 is 1.68. The van der Waals surface area contributed by atoms with Crippen molar-refractivity contribution in [1.29, 1.82) is 0 Å². The molecule has 0 radical (unpaired) electrons. The van der Waals surface area contributed by atoms with Gasteiger partial charge in [-0.2, -0.15) is 0 Å². The van der Waals surface area contributed by atoms with E-state index in [2.05, 4.69) is 20.9 Å². The largest absolute Gasteiger partial charge is 0.326 e. The van der Waals surface area contributed by atoms with Crippen LogP contribution < -0.4 is 10.6 Å². The van der Waals surface area contributed by atoms with E-state index in [1.165, 1.54) is 0 Å². The van der Waals surface area contributed by atoms with Crippen LogP contribution in [0.5, 0.6) is 0 Å². The van der Waals surface area contributed by atoms with Gasteiger partial charge in [0.05, 0.1) is 18.1 Å². The molecule has 1 amide bonds. The Morgan fingerprint density at radius 3 is 2.57 bits per heavy atom. The number of piperidine rings is 1. The molecule has 0 bridgehead atoms. The molecule has 2 heterocycles. The molecule has 112 valence electrons. The number of amides is 1. The highest BCUT2D eigenvalue weighted by Crippen LogP contribution is 2.17. The molecule has 1 aliphatic heterocycles. The topological polar surface area (TPSA) is 71.8 Å². The summed E-state index contributed by atoms with van der Waals surface area (Å²) in [6, 6.07) is 7.59. The predicted molar refractivity (Wildman–Crippen MR) is 82.8 cm³/mol. The molecule has 6 nitrogen and oxygen atoms in total. The van der Waals surface area contributed by atoms with Gasteiger partial charge in [0.2, 0.25) is 5.91 Å². The lowest BCUT2D eigenvalue weighted by atomic mass is 9.97. The Kier molecular flexibility index (Phi) is 5.30. The molecule has 0 saturated carbocycles. The van der Waals surface area contributed by atoms with Crippen molar-refractivity contribution < 1.29 is 4.79 Å². The number of nitrogens with zero attached hydrogens (tertiary/aromatic N) is 3. The smallest absolute Gasteiger partial charge is 0.227 e. The molecule has 1 fully saturated rings. The minimum absolute atomic E-state index is 0. The number of hydrogen-bond donors (Lipinski definition) is 2. The number of aromatic nitrogens is 3. The highest BCUT2D eigenvalue weighted by atomic mass is 35.5. The number of carbonyl (C=O) groups is 1. The van der Waals surface area contributed by atoms with Crippen molar-refractivity contribution in [2.45, 2.75) is 12.8 Å². The molecule has 1 aromatic carbocycles. The molecule has 0 unspecified atom stereocenters. The third-order valence-corrected chi connectivity index (χ3v) is 3.53. The number of nitrogens with one attached hydrogen (secondary N) is 2. The second-order valence-corrected chi connectivity index (χ2v) is 4.91. The molecule has 0 spiro atoms. The van der Waals surface area contributed by atoms with E-state index >= 15 is 0 Å². The van der Waals surface area contributed by atoms with E-state index in [0.717, 1.165) is 37.3 Å². The summed E-state index contributed by atoms with van der Waals surface area (Å²) in [6.07, 6.45) is 5.22. The maximum Gasteiger partial charge on any atom is 0.227 e. The molecule has 1 aromatic heterocycles. The van der Waals surface area contributed by atoms with Gasteiger partial charge < -0.3 is 10.6 Å². The Morgan fingerprint density at radius 1 is 1.24 bits per heavy atom. The van der Waals surface area contributed by atoms with Gasteiger partial charge in [0.1, 0.15) is 0 Å². The lowest BCUT2D eigenvalue weighted by Crippen LogP contribution is -2.34. The van der Waals surface area contributed by atoms with Crippen LogP contribution in [0.3, 0.4) is 0 Å². The summed E-state index contributed by atoms with van der Waals surface area (Å²) in [6.45, 7) is 1.84. The summed E-state index contributed by atoms with van der Waals surface area (Å²) in [5.74, 6) is 0.228. The van der Waals surface area contributed by atoms with Crippen LogP contribution in [0, 0.1) is 5.92 Å². The Morgan fingerprint density at radius 2 is 1.95 bits per heavy atom. The van der Waals surface area contributed by atoms with Crippen LogP contribution in [0.25, 0.3) is 5.69 Å². The molecule has 0 aliphatic carbocycles. The second-order valence-electron chi connectivity index (χ2n) is 4.91. The highest BCUT2D eigenvalue weighted by molar-refractivity contribution is 5.92. The van der Waals surface area contributed by atoms with Crippen molar-refractivity contribution in [3.05, 3.63) is 36.7 Å². The zero-order valence-electron chi connectivity index (χ0n) is 11.5. The molecular formula is C14H18ClN5O. The second kappa shape index (κ2) is 7.19. The van der Waals surface area contributed by atoms with Crippen LogP contribution in [0.2, 0.25) is 0 Å². The number of rotatable bonds is 3. The van der Waals surface area contributed by atoms with Gasteiger partial charge in [0, 0.05) is 11.6 Å². The van der Waals surface area contributed by atoms with E-state index < -0.39 is 0 Å². The number of halogens is 1. The normalized spacial score (nSPS) is 15.2. The molecule has 2 N–H and O–H groups in total. The number of anilines is 1. The SMILES string of the molecule is Cl.O=C(Nc1ccc(-n2ccnn2)cc1)C1CCNCC1. The Balaban J connectivity index is 0.00000161. The fraction of sp³-hybridized carbons (Fsp3) is 0.357. The van der Waals surface area contributed by atoms with Gasteiger partial charge in [-0.1, -0.05) is 5.21 Å². The minimum Gasteiger partial charge on any atom is -0.326 e. The van der Waals surface area contributed by atoms with Gasteiger partial charge >= 0.3 is 0 Å². The quantitative estimate of drug-likeness (QED) is 0.904. The van der Waals surface area contributed by atoms with Crippen LogP contribution in [0.1, 0.15) is 12.8 Å². The molecule has 1 saturated heterocycles. The van der Waals surface area contributed by atoms with Gasteiger partial charge in [-0.15, -0.1) is 17.5 Å². The Bertz CT molecular complexity index is 564. The van der Waals surface area contributed by atoms with Crippen molar-refractivity contribution in [3.8, 4) is 5.69 Å². The first kappa shape index (κ1) is 15.5. The first-order chi connectivity index (χ1) is 9.83. The van der Waals surface area contributed by atoms with Crippen LogP contribution in [0.15, 0.2) is 36.7 Å². The summed E-state index contributed by atoms with van der Waals surface area (Å²) in [7, 11) is 0. The number of carbonyl (C=O) groups excluding carboxylic acids is 1. The lowest BCUT2D eigenvalue weighted by molar-refractivity contribution is -0.120. The minimum atomic E-state index is 0. The fourth-order valence-electron chi connectivity index (χ4n) is 2.37. The predicted octanol–water partition coefficient (Wildman–Crippen LogP) is 1.63. The van der Waals surface area contributed by atoms with Gasteiger partial charge in [-0.3, -0.25) is 4.79 Å². The van der Waals surface area contributed by atoms with Crippen LogP contribution in [0.4, 0.5) is 5.69 Å². The van der Waals surface area contributed by atoms with Crippen molar-refractivity contribution in [3.63, 3.8) is 0 Å². The first-order valence-corrected chi connectivity index (χ1v) is 6.81. The van der Waals surface area contributed by atoms with Crippen molar-refractivity contribution in [2.24, 2.45) is 5.92 Å². The zero-order valence-corrected chi connectivity index (χ0v) is 12.3. The molecular weight excluding hydrogens is 290 g/mol. The van der Waals surface area contributed by atoms with Gasteiger partial charge in [-0.05, 0) is 50.2 Å². The summed E-state index contributed by atoms with van der Waals surface area (Å²) in [5.41, 5.74) is 1.74. The molecule has 21 heavy (non-hydrogen) atoms. The first-order valence-electron chi connectivity index (χ1n) is 6.81. The summed E-state index contributed by atoms with van der Waals surface area (Å²) in [5, 5.41) is 13.9. The van der Waals surface area contributed by atoms with Crippen molar-refractivity contribution >= 4 is 24.0 Å². The lowest BCUT2D eigenvalue weighted by Gasteiger charge is -2.21. The fourth-order valence-corrected chi connectivity index (χ4v) is 2.37. The standard InChI is InChI=1S/C14H17N5O.ClH/c20-14(11-5-7-15-8-6-11)17-12-1-3-13(4-2-12)19-10-9-16-18-19;/h1-4,9-11,15H,5-8H2,(H,17,20);1H. The summed E-state index contributed by atoms with van der Waals surface area (Å²) >= 11 is 0. The van der Waals surface area contributed by atoms with Gasteiger partial charge in [0.25, 0.3) is 0 Å². The average Bonchev–Trinajstić information content (AvgIpc) is 3.03. The van der Waals surface area contributed by atoms with Crippen LogP contribution >= 0.6 is 12.4 Å². The maximum atomic E-state index is 12.1. The van der Waals surface area contributed by atoms with Gasteiger partial charge in [-0.25, -0.2) is 4.68 Å². The van der Waals surface area contributed by atoms with Gasteiger partial charge in [0.15, 0.2) is 0 Å². The number of hydrogen-bond acceptors (Lipinski definition) is 4. The molecule has 0 atom stereocenters. The van der Waals surface area contributed by atoms with E-state index in [-0.39, 0.29) is 24.2 Å². The monoisotopic (exact) mass is 307 g/mol. The van der Waals surface area contributed by atoms with Crippen LogP contribution in [-0.4, -0.2) is 34.0 Å².